The van der Waals surface area contributed by atoms with Crippen molar-refractivity contribution in [1.29, 1.82) is 0 Å². The van der Waals surface area contributed by atoms with E-state index in [9.17, 15) is 4.79 Å². The van der Waals surface area contributed by atoms with Gasteiger partial charge in [-0.05, 0) is 25.1 Å². The summed E-state index contributed by atoms with van der Waals surface area (Å²) in [6, 6.07) is 5.12. The van der Waals surface area contributed by atoms with E-state index >= 15 is 0 Å². The van der Waals surface area contributed by atoms with Gasteiger partial charge in [0.2, 0.25) is 0 Å². The summed E-state index contributed by atoms with van der Waals surface area (Å²) >= 11 is 0. The standard InChI is InChI=1S/C14H19N5O2/c1-3-21-14(20)11-8-10(15)4-5-12(11)16-7-6-13-17-9-19(2)18-13/h4-5,8-9,16H,3,6-7,15H2,1-2H3. The van der Waals surface area contributed by atoms with Crippen molar-refractivity contribution in [1.82, 2.24) is 14.8 Å². The van der Waals surface area contributed by atoms with Crippen molar-refractivity contribution in [3.8, 4) is 0 Å². The molecule has 7 nitrogen and oxygen atoms in total. The number of nitrogens with two attached hydrogens (primary N) is 1. The Morgan fingerprint density at radius 1 is 1.48 bits per heavy atom. The Bertz CT molecular complexity index is 624. The smallest absolute Gasteiger partial charge is 0.340 e. The van der Waals surface area contributed by atoms with Gasteiger partial charge in [-0.25, -0.2) is 9.78 Å². The average molecular weight is 289 g/mol. The highest BCUT2D eigenvalue weighted by molar-refractivity contribution is 5.96. The maximum atomic E-state index is 11.9. The Morgan fingerprint density at radius 2 is 2.29 bits per heavy atom. The summed E-state index contributed by atoms with van der Waals surface area (Å²) in [6.45, 7) is 2.70. The number of nitrogens with one attached hydrogen (secondary N) is 1. The molecule has 3 N–H and O–H groups in total. The molecule has 0 atom stereocenters. The lowest BCUT2D eigenvalue weighted by molar-refractivity contribution is 0.0527. The molecule has 0 aliphatic heterocycles. The second kappa shape index (κ2) is 6.74. The second-order valence-corrected chi connectivity index (χ2v) is 4.54. The van der Waals surface area contributed by atoms with E-state index in [-0.39, 0.29) is 5.97 Å². The van der Waals surface area contributed by atoms with Crippen molar-refractivity contribution in [3.05, 3.63) is 35.9 Å². The highest BCUT2D eigenvalue weighted by atomic mass is 16.5. The maximum absolute atomic E-state index is 11.9. The fourth-order valence-corrected chi connectivity index (χ4v) is 1.90. The monoisotopic (exact) mass is 289 g/mol. The molecule has 112 valence electrons. The van der Waals surface area contributed by atoms with Crippen LogP contribution < -0.4 is 11.1 Å². The molecule has 7 heteroatoms. The molecule has 2 aromatic rings. The van der Waals surface area contributed by atoms with Gasteiger partial charge < -0.3 is 15.8 Å². The van der Waals surface area contributed by atoms with Gasteiger partial charge in [0.05, 0.1) is 12.2 Å². The van der Waals surface area contributed by atoms with Crippen LogP contribution in [0.5, 0.6) is 0 Å². The third kappa shape index (κ3) is 3.95. The summed E-state index contributed by atoms with van der Waals surface area (Å²) < 4.78 is 6.68. The van der Waals surface area contributed by atoms with Crippen molar-refractivity contribution in [2.45, 2.75) is 13.3 Å². The fraction of sp³-hybridized carbons (Fsp3) is 0.357. The van der Waals surface area contributed by atoms with Gasteiger partial charge in [-0.3, -0.25) is 4.68 Å². The Labute approximate surface area is 123 Å². The lowest BCUT2D eigenvalue weighted by atomic mass is 10.1. The molecular weight excluding hydrogens is 270 g/mol. The second-order valence-electron chi connectivity index (χ2n) is 4.54. The fourth-order valence-electron chi connectivity index (χ4n) is 1.90. The number of hydrogen-bond donors (Lipinski definition) is 2. The number of anilines is 2. The molecule has 0 saturated carbocycles. The summed E-state index contributed by atoms with van der Waals surface area (Å²) in [7, 11) is 1.82. The Balaban J connectivity index is 2.03. The van der Waals surface area contributed by atoms with Crippen LogP contribution in [-0.2, 0) is 18.2 Å². The van der Waals surface area contributed by atoms with Crippen LogP contribution in [0.25, 0.3) is 0 Å². The summed E-state index contributed by atoms with van der Waals surface area (Å²) in [5.74, 6) is 0.362. The predicted molar refractivity (Wildman–Crippen MR) is 80.0 cm³/mol. The van der Waals surface area contributed by atoms with Crippen LogP contribution in [0, 0.1) is 0 Å². The zero-order chi connectivity index (χ0) is 15.2. The van der Waals surface area contributed by atoms with E-state index in [1.165, 1.54) is 0 Å². The number of benzene rings is 1. The molecule has 0 unspecified atom stereocenters. The van der Waals surface area contributed by atoms with Gasteiger partial charge >= 0.3 is 5.97 Å². The zero-order valence-electron chi connectivity index (χ0n) is 12.2. The summed E-state index contributed by atoms with van der Waals surface area (Å²) in [6.07, 6.45) is 2.32. The van der Waals surface area contributed by atoms with Gasteiger partial charge in [-0.15, -0.1) is 0 Å². The highest BCUT2D eigenvalue weighted by Crippen LogP contribution is 2.20. The molecule has 0 radical (unpaired) electrons. The number of aryl methyl sites for hydroxylation is 1. The maximum Gasteiger partial charge on any atom is 0.340 e. The van der Waals surface area contributed by atoms with Crippen molar-refractivity contribution in [3.63, 3.8) is 0 Å². The molecule has 1 aromatic heterocycles. The molecule has 21 heavy (non-hydrogen) atoms. The zero-order valence-corrected chi connectivity index (χ0v) is 12.2. The molecule has 2 rings (SSSR count). The number of aromatic nitrogens is 3. The molecule has 0 aliphatic carbocycles. The molecule has 1 heterocycles. The molecule has 0 amide bonds. The summed E-state index contributed by atoms with van der Waals surface area (Å²) in [5, 5.41) is 7.39. The molecule has 1 aromatic carbocycles. The molecule has 0 spiro atoms. The first-order chi connectivity index (χ1) is 10.1. The van der Waals surface area contributed by atoms with Crippen LogP contribution in [0.1, 0.15) is 23.1 Å². The third-order valence-electron chi connectivity index (χ3n) is 2.85. The largest absolute Gasteiger partial charge is 0.462 e. The van der Waals surface area contributed by atoms with Gasteiger partial charge in [0, 0.05) is 31.4 Å². The van der Waals surface area contributed by atoms with Crippen LogP contribution >= 0.6 is 0 Å². The van der Waals surface area contributed by atoms with Crippen LogP contribution in [0.3, 0.4) is 0 Å². The minimum Gasteiger partial charge on any atom is -0.462 e. The number of esters is 1. The van der Waals surface area contributed by atoms with E-state index in [1.807, 2.05) is 7.05 Å². The number of nitrogen functional groups attached to an aromatic ring is 1. The molecule has 0 fully saturated rings. The van der Waals surface area contributed by atoms with Gasteiger partial charge in [-0.1, -0.05) is 0 Å². The minimum atomic E-state index is -0.386. The van der Waals surface area contributed by atoms with E-state index in [1.54, 1.807) is 36.1 Å². The van der Waals surface area contributed by atoms with E-state index in [2.05, 4.69) is 15.4 Å². The van der Waals surface area contributed by atoms with Crippen molar-refractivity contribution >= 4 is 17.3 Å². The van der Waals surface area contributed by atoms with Crippen LogP contribution in [0.2, 0.25) is 0 Å². The Morgan fingerprint density at radius 3 is 2.95 bits per heavy atom. The van der Waals surface area contributed by atoms with E-state index < -0.39 is 0 Å². The van der Waals surface area contributed by atoms with Gasteiger partial charge in [-0.2, -0.15) is 5.10 Å². The molecule has 0 bridgehead atoms. The molecule has 0 aliphatic rings. The third-order valence-corrected chi connectivity index (χ3v) is 2.85. The van der Waals surface area contributed by atoms with Crippen LogP contribution in [0.4, 0.5) is 11.4 Å². The lowest BCUT2D eigenvalue weighted by Crippen LogP contribution is -2.13. The number of carbonyl (C=O) groups excluding carboxylic acids is 1. The quantitative estimate of drug-likeness (QED) is 0.613. The van der Waals surface area contributed by atoms with Crippen molar-refractivity contribution in [2.75, 3.05) is 24.2 Å². The lowest BCUT2D eigenvalue weighted by Gasteiger charge is -2.11. The highest BCUT2D eigenvalue weighted by Gasteiger charge is 2.13. The van der Waals surface area contributed by atoms with E-state index in [0.717, 1.165) is 5.82 Å². The number of nitrogens with zero attached hydrogens (tertiary/aromatic N) is 3. The first-order valence-electron chi connectivity index (χ1n) is 6.75. The van der Waals surface area contributed by atoms with E-state index in [0.29, 0.717) is 36.5 Å². The number of rotatable bonds is 6. The number of hydrogen-bond acceptors (Lipinski definition) is 6. The van der Waals surface area contributed by atoms with Gasteiger partial charge in [0.1, 0.15) is 6.33 Å². The van der Waals surface area contributed by atoms with Crippen molar-refractivity contribution < 1.29 is 9.53 Å². The Hall–Kier alpha value is -2.57. The number of carbonyl (C=O) groups is 1. The number of ether oxygens (including phenoxy) is 1. The van der Waals surface area contributed by atoms with E-state index in [4.69, 9.17) is 10.5 Å². The average Bonchev–Trinajstić information content (AvgIpc) is 2.86. The Kier molecular flexibility index (Phi) is 4.76. The first-order valence-corrected chi connectivity index (χ1v) is 6.75. The predicted octanol–water partition coefficient (Wildman–Crippen LogP) is 1.23. The SMILES string of the molecule is CCOC(=O)c1cc(N)ccc1NCCc1ncn(C)n1. The normalized spacial score (nSPS) is 10.4. The van der Waals surface area contributed by atoms with Gasteiger partial charge in [0.15, 0.2) is 5.82 Å². The topological polar surface area (TPSA) is 95.1 Å². The van der Waals surface area contributed by atoms with Gasteiger partial charge in [0.25, 0.3) is 0 Å². The molecule has 0 saturated heterocycles. The van der Waals surface area contributed by atoms with Crippen LogP contribution in [-0.4, -0.2) is 33.9 Å². The first kappa shape index (κ1) is 14.8. The molecular formula is C14H19N5O2. The summed E-state index contributed by atoms with van der Waals surface area (Å²) in [4.78, 5) is 16.1. The minimum absolute atomic E-state index is 0.324. The van der Waals surface area contributed by atoms with Crippen molar-refractivity contribution in [2.24, 2.45) is 7.05 Å². The van der Waals surface area contributed by atoms with Crippen LogP contribution in [0.15, 0.2) is 24.5 Å². The summed E-state index contributed by atoms with van der Waals surface area (Å²) in [5.41, 5.74) is 7.38.